The number of carbonyl (C=O) groups excluding carboxylic acids is 1. The monoisotopic (exact) mass is 540 g/mol. The molecule has 1 aliphatic rings. The normalized spacial score (nSPS) is 14.2. The number of carboxylic acid groups (broad SMARTS) is 2. The van der Waals surface area contributed by atoms with Gasteiger partial charge in [-0.2, -0.15) is 5.10 Å². The lowest BCUT2D eigenvalue weighted by Gasteiger charge is -2.22. The Morgan fingerprint density at radius 2 is 1.62 bits per heavy atom. The number of ether oxygens (including phenoxy) is 1. The number of hydrazone groups is 1. The van der Waals surface area contributed by atoms with Crippen molar-refractivity contribution in [3.63, 3.8) is 0 Å². The summed E-state index contributed by atoms with van der Waals surface area (Å²) in [5.41, 5.74) is 3.86. The molecule has 5 rings (SSSR count). The molecule has 0 spiro atoms. The van der Waals surface area contributed by atoms with E-state index in [9.17, 15) is 4.79 Å². The second-order valence-electron chi connectivity index (χ2n) is 8.87. The number of nitrogens with zero attached hydrogens (tertiary/aromatic N) is 3. The van der Waals surface area contributed by atoms with Crippen molar-refractivity contribution < 1.29 is 29.3 Å². The van der Waals surface area contributed by atoms with E-state index in [2.05, 4.69) is 40.6 Å². The number of aliphatic carboxylic acids is 2. The van der Waals surface area contributed by atoms with Gasteiger partial charge in [-0.05, 0) is 52.2 Å². The lowest BCUT2D eigenvalue weighted by Crippen LogP contribution is -2.35. The van der Waals surface area contributed by atoms with Crippen molar-refractivity contribution in [3.8, 4) is 5.75 Å². The van der Waals surface area contributed by atoms with E-state index in [-0.39, 0.29) is 18.5 Å². The number of hydrogen-bond acceptors (Lipinski definition) is 7. The summed E-state index contributed by atoms with van der Waals surface area (Å²) in [5, 5.41) is 26.8. The molecule has 3 aromatic carbocycles. The number of carbonyl (C=O) groups is 3. The van der Waals surface area contributed by atoms with Crippen LogP contribution in [0.4, 0.5) is 0 Å². The molecule has 0 saturated carbocycles. The Bertz CT molecular complexity index is 1510. The van der Waals surface area contributed by atoms with E-state index in [1.54, 1.807) is 18.3 Å². The molecule has 1 aliphatic heterocycles. The summed E-state index contributed by atoms with van der Waals surface area (Å²) in [7, 11) is 1.65. The average molecular weight is 541 g/mol. The maximum absolute atomic E-state index is 13.2. The van der Waals surface area contributed by atoms with E-state index >= 15 is 0 Å². The quantitative estimate of drug-likeness (QED) is 0.300. The Kier molecular flexibility index (Phi) is 9.16. The zero-order valence-electron chi connectivity index (χ0n) is 21.7. The van der Waals surface area contributed by atoms with E-state index in [1.165, 1.54) is 5.39 Å². The Balaban J connectivity index is 0.000000557. The fraction of sp³-hybridized carbons (Fsp3) is 0.167. The average Bonchev–Trinajstić information content (AvgIpc) is 3.43. The third-order valence-electron chi connectivity index (χ3n) is 6.24. The summed E-state index contributed by atoms with van der Waals surface area (Å²) in [6.45, 7) is 0.701. The minimum atomic E-state index is -1.82. The Morgan fingerprint density at radius 1 is 0.925 bits per heavy atom. The molecule has 40 heavy (non-hydrogen) atoms. The van der Waals surface area contributed by atoms with E-state index in [4.69, 9.17) is 29.6 Å². The number of carboxylic acids is 2. The number of nitrogens with one attached hydrogen (secondary N) is 1. The molecule has 1 atom stereocenters. The number of methoxy groups -OCH3 is 1. The third kappa shape index (κ3) is 7.06. The highest BCUT2D eigenvalue weighted by Gasteiger charge is 2.33. The van der Waals surface area contributed by atoms with Crippen LogP contribution in [0.15, 0.2) is 96.2 Å². The van der Waals surface area contributed by atoms with Gasteiger partial charge >= 0.3 is 11.9 Å². The summed E-state index contributed by atoms with van der Waals surface area (Å²) in [6, 6.07) is 28.0. The SMILES string of the molecule is COc1ccc(C2CC(c3ccc4ccccc4c3)=NN2C(=O)CNCc2ccccn2)cc1.O=C(O)C(=O)O. The number of rotatable bonds is 7. The predicted octanol–water partition coefficient (Wildman–Crippen LogP) is 3.87. The van der Waals surface area contributed by atoms with E-state index in [1.807, 2.05) is 54.6 Å². The van der Waals surface area contributed by atoms with Crippen LogP contribution in [0.5, 0.6) is 5.75 Å². The minimum absolute atomic E-state index is 0.0764. The van der Waals surface area contributed by atoms with Gasteiger partial charge < -0.3 is 20.3 Å². The van der Waals surface area contributed by atoms with Gasteiger partial charge in [-0.25, -0.2) is 14.6 Å². The van der Waals surface area contributed by atoms with Crippen molar-refractivity contribution in [2.75, 3.05) is 13.7 Å². The molecule has 204 valence electrons. The lowest BCUT2D eigenvalue weighted by atomic mass is 9.97. The summed E-state index contributed by atoms with van der Waals surface area (Å²) in [5.74, 6) is -2.94. The zero-order valence-corrected chi connectivity index (χ0v) is 21.7. The van der Waals surface area contributed by atoms with Crippen molar-refractivity contribution in [2.24, 2.45) is 5.10 Å². The predicted molar refractivity (Wildman–Crippen MR) is 149 cm³/mol. The van der Waals surface area contributed by atoms with E-state index in [0.717, 1.165) is 33.7 Å². The molecule has 0 aliphatic carbocycles. The highest BCUT2D eigenvalue weighted by Crippen LogP contribution is 2.34. The van der Waals surface area contributed by atoms with Gasteiger partial charge in [0.15, 0.2) is 0 Å². The van der Waals surface area contributed by atoms with Gasteiger partial charge in [0.25, 0.3) is 5.91 Å². The van der Waals surface area contributed by atoms with Crippen LogP contribution in [0.25, 0.3) is 10.8 Å². The van der Waals surface area contributed by atoms with Crippen LogP contribution in [0, 0.1) is 0 Å². The molecule has 0 fully saturated rings. The largest absolute Gasteiger partial charge is 0.497 e. The highest BCUT2D eigenvalue weighted by molar-refractivity contribution is 6.27. The Labute approximate surface area is 230 Å². The number of aromatic nitrogens is 1. The molecular weight excluding hydrogens is 512 g/mol. The molecule has 0 radical (unpaired) electrons. The first-order chi connectivity index (χ1) is 19.4. The van der Waals surface area contributed by atoms with Crippen LogP contribution in [0.1, 0.15) is 29.3 Å². The summed E-state index contributed by atoms with van der Waals surface area (Å²) >= 11 is 0. The fourth-order valence-electron chi connectivity index (χ4n) is 4.25. The van der Waals surface area contributed by atoms with Crippen molar-refractivity contribution in [3.05, 3.63) is 108 Å². The number of amides is 1. The van der Waals surface area contributed by atoms with E-state index in [0.29, 0.717) is 13.0 Å². The van der Waals surface area contributed by atoms with Gasteiger partial charge in [0.05, 0.1) is 31.1 Å². The first kappa shape index (κ1) is 27.9. The van der Waals surface area contributed by atoms with Crippen LogP contribution in [-0.2, 0) is 20.9 Å². The summed E-state index contributed by atoms with van der Waals surface area (Å²) in [4.78, 5) is 35.7. The van der Waals surface area contributed by atoms with E-state index < -0.39 is 11.9 Å². The van der Waals surface area contributed by atoms with Gasteiger partial charge in [0.2, 0.25) is 0 Å². The van der Waals surface area contributed by atoms with Gasteiger partial charge in [0, 0.05) is 19.2 Å². The highest BCUT2D eigenvalue weighted by atomic mass is 16.5. The van der Waals surface area contributed by atoms with Crippen LogP contribution >= 0.6 is 0 Å². The van der Waals surface area contributed by atoms with Gasteiger partial charge in [0.1, 0.15) is 5.75 Å². The lowest BCUT2D eigenvalue weighted by molar-refractivity contribution is -0.159. The molecule has 10 nitrogen and oxygen atoms in total. The molecule has 10 heteroatoms. The van der Waals surface area contributed by atoms with Crippen molar-refractivity contribution in [1.29, 1.82) is 0 Å². The zero-order chi connectivity index (χ0) is 28.5. The molecule has 0 saturated heterocycles. The maximum Gasteiger partial charge on any atom is 0.414 e. The molecule has 1 amide bonds. The maximum atomic E-state index is 13.2. The number of benzene rings is 3. The van der Waals surface area contributed by atoms with Crippen molar-refractivity contribution >= 4 is 34.3 Å². The van der Waals surface area contributed by atoms with Crippen LogP contribution in [0.3, 0.4) is 0 Å². The van der Waals surface area contributed by atoms with Crippen LogP contribution < -0.4 is 10.1 Å². The molecule has 0 bridgehead atoms. The van der Waals surface area contributed by atoms with Crippen molar-refractivity contribution in [2.45, 2.75) is 19.0 Å². The Hall–Kier alpha value is -5.09. The van der Waals surface area contributed by atoms with Crippen LogP contribution in [-0.4, -0.2) is 57.4 Å². The third-order valence-corrected chi connectivity index (χ3v) is 6.24. The second-order valence-corrected chi connectivity index (χ2v) is 8.87. The van der Waals surface area contributed by atoms with Crippen LogP contribution in [0.2, 0.25) is 0 Å². The minimum Gasteiger partial charge on any atom is -0.497 e. The molecule has 3 N–H and O–H groups in total. The standard InChI is InChI=1S/C28H26N4O2.C2H2O4/c1-34-25-13-11-21(12-14-25)27-17-26(23-10-9-20-6-2-3-7-22(20)16-23)31-32(27)28(33)19-29-18-24-8-4-5-15-30-24;3-1(4)2(5)6/h2-16,27,29H,17-19H2,1H3;(H,3,4)(H,5,6). The number of hydrogen-bond donors (Lipinski definition) is 3. The first-order valence-electron chi connectivity index (χ1n) is 12.4. The first-order valence-corrected chi connectivity index (χ1v) is 12.4. The Morgan fingerprint density at radius 3 is 2.27 bits per heavy atom. The smallest absolute Gasteiger partial charge is 0.414 e. The number of fused-ring (bicyclic) bond motifs is 1. The topological polar surface area (TPSA) is 141 Å². The van der Waals surface area contributed by atoms with Crippen molar-refractivity contribution in [1.82, 2.24) is 15.3 Å². The van der Waals surface area contributed by atoms with Gasteiger partial charge in [-0.3, -0.25) is 9.78 Å². The molecule has 4 aromatic rings. The van der Waals surface area contributed by atoms with Gasteiger partial charge in [-0.1, -0.05) is 54.6 Å². The summed E-state index contributed by atoms with van der Waals surface area (Å²) in [6.07, 6.45) is 2.40. The second kappa shape index (κ2) is 13.1. The molecule has 1 aromatic heterocycles. The molecule has 1 unspecified atom stereocenters. The summed E-state index contributed by atoms with van der Waals surface area (Å²) < 4.78 is 5.31. The number of pyridine rings is 1. The molecular formula is C30H28N4O6. The molecule has 2 heterocycles. The fourth-order valence-corrected chi connectivity index (χ4v) is 4.25. The van der Waals surface area contributed by atoms with Gasteiger partial charge in [-0.15, -0.1) is 0 Å².